The van der Waals surface area contributed by atoms with Crippen molar-refractivity contribution in [3.8, 4) is 11.3 Å². The van der Waals surface area contributed by atoms with Crippen molar-refractivity contribution in [2.24, 2.45) is 7.05 Å². The Morgan fingerprint density at radius 3 is 2.92 bits per heavy atom. The molecule has 0 bridgehead atoms. The van der Waals surface area contributed by atoms with Gasteiger partial charge in [-0.2, -0.15) is 9.61 Å². The third-order valence-corrected chi connectivity index (χ3v) is 4.77. The molecule has 0 atom stereocenters. The summed E-state index contributed by atoms with van der Waals surface area (Å²) in [6, 6.07) is 11.0. The van der Waals surface area contributed by atoms with E-state index in [0.29, 0.717) is 6.04 Å². The zero-order valence-corrected chi connectivity index (χ0v) is 14.9. The molecule has 132 valence electrons. The first kappa shape index (κ1) is 15.3. The summed E-state index contributed by atoms with van der Waals surface area (Å²) in [6.07, 6.45) is 4.21. The molecule has 0 radical (unpaired) electrons. The third kappa shape index (κ3) is 2.52. The average molecular weight is 347 g/mol. The van der Waals surface area contributed by atoms with E-state index in [1.54, 1.807) is 0 Å². The third-order valence-electron chi connectivity index (χ3n) is 4.77. The predicted octanol–water partition coefficient (Wildman–Crippen LogP) is 2.58. The maximum Gasteiger partial charge on any atom is 0.167 e. The minimum atomic E-state index is 0.524. The summed E-state index contributed by atoms with van der Waals surface area (Å²) in [5.41, 5.74) is 5.90. The average Bonchev–Trinajstić information content (AvgIpc) is 3.21. The van der Waals surface area contributed by atoms with Gasteiger partial charge in [0.05, 0.1) is 12.0 Å². The predicted molar refractivity (Wildman–Crippen MR) is 102 cm³/mol. The molecule has 0 saturated heterocycles. The van der Waals surface area contributed by atoms with Crippen molar-refractivity contribution in [3.05, 3.63) is 42.2 Å². The maximum absolute atomic E-state index is 4.83. The molecule has 0 unspecified atom stereocenters. The second kappa shape index (κ2) is 5.81. The van der Waals surface area contributed by atoms with Gasteiger partial charge in [0.1, 0.15) is 0 Å². The molecule has 1 aliphatic rings. The molecule has 2 N–H and O–H groups in total. The Kier molecular flexibility index (Phi) is 3.43. The topological polar surface area (TPSA) is 72.1 Å². The number of anilines is 1. The fourth-order valence-corrected chi connectivity index (χ4v) is 3.32. The van der Waals surface area contributed by atoms with Gasteiger partial charge in [-0.3, -0.25) is 0 Å². The van der Waals surface area contributed by atoms with Gasteiger partial charge >= 0.3 is 0 Å². The monoisotopic (exact) mass is 347 g/mol. The molecule has 1 aromatic carbocycles. The first-order chi connectivity index (χ1) is 12.7. The Hall–Kier alpha value is -2.93. The molecule has 1 saturated carbocycles. The first-order valence-corrected chi connectivity index (χ1v) is 8.94. The molecule has 4 aromatic rings. The quantitative estimate of drug-likeness (QED) is 0.581. The molecular formula is C19H21N7. The molecule has 7 heteroatoms. The van der Waals surface area contributed by atoms with Crippen molar-refractivity contribution in [1.82, 2.24) is 29.5 Å². The van der Waals surface area contributed by atoms with E-state index in [4.69, 9.17) is 10.1 Å². The number of hydrogen-bond acceptors (Lipinski definition) is 5. The lowest BCUT2D eigenvalue weighted by molar-refractivity contribution is 0.818. The lowest BCUT2D eigenvalue weighted by Gasteiger charge is -2.06. The molecule has 0 amide bonds. The van der Waals surface area contributed by atoms with Crippen molar-refractivity contribution >= 4 is 22.6 Å². The van der Waals surface area contributed by atoms with E-state index in [2.05, 4.69) is 39.9 Å². The smallest absolute Gasteiger partial charge is 0.167 e. The van der Waals surface area contributed by atoms with Crippen LogP contribution in [0.2, 0.25) is 0 Å². The van der Waals surface area contributed by atoms with E-state index < -0.39 is 0 Å². The van der Waals surface area contributed by atoms with E-state index in [0.717, 1.165) is 40.4 Å². The van der Waals surface area contributed by atoms with Crippen LogP contribution in [0.15, 0.2) is 36.7 Å². The van der Waals surface area contributed by atoms with Crippen LogP contribution in [0.3, 0.4) is 0 Å². The second-order valence-electron chi connectivity index (χ2n) is 6.94. The summed E-state index contributed by atoms with van der Waals surface area (Å²) >= 11 is 0. The number of benzene rings is 1. The minimum absolute atomic E-state index is 0.524. The van der Waals surface area contributed by atoms with Crippen LogP contribution in [-0.2, 0) is 13.6 Å². The molecule has 0 aliphatic heterocycles. The largest absolute Gasteiger partial charge is 0.365 e. The van der Waals surface area contributed by atoms with Crippen LogP contribution in [0.4, 0.5) is 5.82 Å². The highest BCUT2D eigenvalue weighted by Gasteiger charge is 2.24. The van der Waals surface area contributed by atoms with Gasteiger partial charge in [-0.05, 0) is 31.5 Å². The van der Waals surface area contributed by atoms with E-state index >= 15 is 0 Å². The summed E-state index contributed by atoms with van der Waals surface area (Å²) in [7, 11) is 3.94. The fourth-order valence-electron chi connectivity index (χ4n) is 3.32. The molecule has 3 aromatic heterocycles. The minimum Gasteiger partial charge on any atom is -0.365 e. The zero-order chi connectivity index (χ0) is 17.7. The summed E-state index contributed by atoms with van der Waals surface area (Å²) in [5.74, 6) is 0.853. The molecule has 26 heavy (non-hydrogen) atoms. The molecule has 1 aliphatic carbocycles. The first-order valence-electron chi connectivity index (χ1n) is 8.94. The van der Waals surface area contributed by atoms with Crippen LogP contribution in [0, 0.1) is 0 Å². The molecular weight excluding hydrogens is 326 g/mol. The number of aromatic nitrogens is 5. The number of nitrogens with zero attached hydrogens (tertiary/aromatic N) is 5. The van der Waals surface area contributed by atoms with Crippen molar-refractivity contribution in [2.75, 3.05) is 12.4 Å². The summed E-state index contributed by atoms with van der Waals surface area (Å²) in [5, 5.41) is 11.5. The highest BCUT2D eigenvalue weighted by Crippen LogP contribution is 2.29. The number of rotatable bonds is 5. The summed E-state index contributed by atoms with van der Waals surface area (Å²) < 4.78 is 3.89. The van der Waals surface area contributed by atoms with Gasteiger partial charge in [-0.1, -0.05) is 18.2 Å². The SMILES string of the molecule is CNCc1cccc(-c2cc3nc(NC4CC4)c4ncn(C)c4n3n2)c1. The Morgan fingerprint density at radius 2 is 2.12 bits per heavy atom. The van der Waals surface area contributed by atoms with Crippen LogP contribution in [0.1, 0.15) is 18.4 Å². The second-order valence-corrected chi connectivity index (χ2v) is 6.94. The number of aryl methyl sites for hydroxylation is 1. The highest BCUT2D eigenvalue weighted by atomic mass is 15.3. The van der Waals surface area contributed by atoms with Gasteiger partial charge in [0.2, 0.25) is 0 Å². The lowest BCUT2D eigenvalue weighted by Crippen LogP contribution is -2.07. The van der Waals surface area contributed by atoms with E-state index in [9.17, 15) is 0 Å². The van der Waals surface area contributed by atoms with E-state index in [1.807, 2.05) is 35.6 Å². The highest BCUT2D eigenvalue weighted by molar-refractivity contribution is 5.86. The lowest BCUT2D eigenvalue weighted by atomic mass is 10.1. The Bertz CT molecular complexity index is 1100. The van der Waals surface area contributed by atoms with Crippen LogP contribution < -0.4 is 10.6 Å². The van der Waals surface area contributed by atoms with Crippen molar-refractivity contribution in [2.45, 2.75) is 25.4 Å². The zero-order valence-electron chi connectivity index (χ0n) is 14.9. The molecule has 5 rings (SSSR count). The van der Waals surface area contributed by atoms with Gasteiger partial charge in [0.25, 0.3) is 0 Å². The standard InChI is InChI=1S/C19H21N7/c1-20-10-12-4-3-5-13(8-12)15-9-16-23-18(22-14-6-7-14)17-19(26(16)24-15)25(2)11-21-17/h3-5,8-9,11,14,20H,6-7,10H2,1-2H3,(H,22,23). The van der Waals surface area contributed by atoms with Crippen LogP contribution in [0.5, 0.6) is 0 Å². The number of fused-ring (bicyclic) bond motifs is 3. The number of hydrogen-bond donors (Lipinski definition) is 2. The Balaban J connectivity index is 1.68. The van der Waals surface area contributed by atoms with Gasteiger partial charge in [-0.15, -0.1) is 0 Å². The van der Waals surface area contributed by atoms with Gasteiger partial charge in [0, 0.05) is 31.3 Å². The van der Waals surface area contributed by atoms with Crippen molar-refractivity contribution in [1.29, 1.82) is 0 Å². The van der Waals surface area contributed by atoms with E-state index in [-0.39, 0.29) is 0 Å². The van der Waals surface area contributed by atoms with Crippen LogP contribution >= 0.6 is 0 Å². The van der Waals surface area contributed by atoms with Gasteiger partial charge in [0.15, 0.2) is 22.6 Å². The summed E-state index contributed by atoms with van der Waals surface area (Å²) in [6.45, 7) is 0.834. The molecule has 3 heterocycles. The Morgan fingerprint density at radius 1 is 1.23 bits per heavy atom. The molecule has 1 fully saturated rings. The number of imidazole rings is 1. The van der Waals surface area contributed by atoms with E-state index in [1.165, 1.54) is 18.4 Å². The van der Waals surface area contributed by atoms with Crippen LogP contribution in [0.25, 0.3) is 28.1 Å². The van der Waals surface area contributed by atoms with Gasteiger partial charge < -0.3 is 15.2 Å². The number of nitrogens with one attached hydrogen (secondary N) is 2. The van der Waals surface area contributed by atoms with Crippen molar-refractivity contribution in [3.63, 3.8) is 0 Å². The maximum atomic E-state index is 4.83. The van der Waals surface area contributed by atoms with Crippen molar-refractivity contribution < 1.29 is 0 Å². The van der Waals surface area contributed by atoms with Crippen LogP contribution in [-0.4, -0.2) is 37.2 Å². The summed E-state index contributed by atoms with van der Waals surface area (Å²) in [4.78, 5) is 9.34. The van der Waals surface area contributed by atoms with Gasteiger partial charge in [-0.25, -0.2) is 9.97 Å². The fraction of sp³-hybridized carbons (Fsp3) is 0.316. The normalized spacial score (nSPS) is 14.4. The Labute approximate surface area is 151 Å². The molecule has 0 spiro atoms. The molecule has 7 nitrogen and oxygen atoms in total.